The molecule has 0 fully saturated rings. The smallest absolute Gasteiger partial charge is 0.137 e. The first kappa shape index (κ1) is 12.8. The quantitative estimate of drug-likeness (QED) is 0.754. The molecule has 0 spiro atoms. The summed E-state index contributed by atoms with van der Waals surface area (Å²) in [5, 5.41) is 2.92. The summed E-state index contributed by atoms with van der Waals surface area (Å²) in [6, 6.07) is 3.17. The van der Waals surface area contributed by atoms with E-state index in [-0.39, 0.29) is 17.8 Å². The third-order valence-corrected chi connectivity index (χ3v) is 2.28. The Morgan fingerprint density at radius 1 is 1.38 bits per heavy atom. The van der Waals surface area contributed by atoms with Gasteiger partial charge < -0.3 is 5.32 Å². The largest absolute Gasteiger partial charge is 0.320 e. The standard InChI is InChI=1S/C12H15F2NO/c1-15-6-2-3-11(16)8-9-7-10(13)4-5-12(9)14/h4-5,7,15H,2-3,6,8H2,1H3. The van der Waals surface area contributed by atoms with Gasteiger partial charge in [-0.3, -0.25) is 4.79 Å². The van der Waals surface area contributed by atoms with E-state index < -0.39 is 11.6 Å². The molecule has 0 heterocycles. The first-order chi connectivity index (χ1) is 7.63. The van der Waals surface area contributed by atoms with E-state index in [4.69, 9.17) is 0 Å². The molecule has 0 aromatic heterocycles. The third-order valence-electron chi connectivity index (χ3n) is 2.28. The maximum Gasteiger partial charge on any atom is 0.137 e. The van der Waals surface area contributed by atoms with Crippen LogP contribution in [-0.4, -0.2) is 19.4 Å². The number of benzene rings is 1. The topological polar surface area (TPSA) is 29.1 Å². The number of Topliss-reactive ketones (excluding diaryl/α,β-unsaturated/α-hetero) is 1. The average Bonchev–Trinajstić information content (AvgIpc) is 2.24. The zero-order valence-corrected chi connectivity index (χ0v) is 9.22. The summed E-state index contributed by atoms with van der Waals surface area (Å²) in [6.07, 6.45) is 1.07. The van der Waals surface area contributed by atoms with Crippen LogP contribution in [0.15, 0.2) is 18.2 Å². The van der Waals surface area contributed by atoms with Crippen molar-refractivity contribution >= 4 is 5.78 Å². The van der Waals surface area contributed by atoms with E-state index in [2.05, 4.69) is 5.32 Å². The van der Waals surface area contributed by atoms with Crippen molar-refractivity contribution in [1.82, 2.24) is 5.32 Å². The second-order valence-electron chi connectivity index (χ2n) is 3.66. The van der Waals surface area contributed by atoms with Crippen LogP contribution in [0.25, 0.3) is 0 Å². The van der Waals surface area contributed by atoms with E-state index >= 15 is 0 Å². The number of nitrogens with one attached hydrogen (secondary N) is 1. The molecule has 1 aromatic carbocycles. The molecule has 0 unspecified atom stereocenters. The van der Waals surface area contributed by atoms with Crippen molar-refractivity contribution in [2.45, 2.75) is 19.3 Å². The van der Waals surface area contributed by atoms with Crippen LogP contribution in [0, 0.1) is 11.6 Å². The van der Waals surface area contributed by atoms with Crippen LogP contribution in [0.1, 0.15) is 18.4 Å². The third kappa shape index (κ3) is 4.06. The van der Waals surface area contributed by atoms with Crippen molar-refractivity contribution in [3.63, 3.8) is 0 Å². The second-order valence-corrected chi connectivity index (χ2v) is 3.66. The first-order valence-corrected chi connectivity index (χ1v) is 5.23. The Morgan fingerprint density at radius 2 is 2.12 bits per heavy atom. The van der Waals surface area contributed by atoms with Crippen LogP contribution in [0.5, 0.6) is 0 Å². The summed E-state index contributed by atoms with van der Waals surface area (Å²) in [7, 11) is 1.80. The Balaban J connectivity index is 2.52. The van der Waals surface area contributed by atoms with Crippen molar-refractivity contribution in [2.75, 3.05) is 13.6 Å². The lowest BCUT2D eigenvalue weighted by molar-refractivity contribution is -0.118. The van der Waals surface area contributed by atoms with E-state index in [1.807, 2.05) is 0 Å². The molecule has 0 aliphatic carbocycles. The van der Waals surface area contributed by atoms with Crippen LogP contribution in [0.3, 0.4) is 0 Å². The lowest BCUT2D eigenvalue weighted by Gasteiger charge is -2.03. The molecule has 4 heteroatoms. The van der Waals surface area contributed by atoms with Gasteiger partial charge in [0.1, 0.15) is 17.4 Å². The molecule has 0 saturated carbocycles. The van der Waals surface area contributed by atoms with E-state index in [0.717, 1.165) is 24.7 Å². The molecule has 2 nitrogen and oxygen atoms in total. The molecule has 0 aliphatic heterocycles. The summed E-state index contributed by atoms with van der Waals surface area (Å²) in [4.78, 5) is 11.4. The lowest BCUT2D eigenvalue weighted by Crippen LogP contribution is -2.11. The molecule has 0 amide bonds. The van der Waals surface area contributed by atoms with Gasteiger partial charge in [-0.2, -0.15) is 0 Å². The molecule has 1 aromatic rings. The highest BCUT2D eigenvalue weighted by Crippen LogP contribution is 2.11. The Bertz CT molecular complexity index is 366. The number of ketones is 1. The second kappa shape index (κ2) is 6.33. The molecule has 0 bridgehead atoms. The number of halogens is 2. The fourth-order valence-electron chi connectivity index (χ4n) is 1.44. The van der Waals surface area contributed by atoms with Gasteiger partial charge in [0.05, 0.1) is 0 Å². The fourth-order valence-corrected chi connectivity index (χ4v) is 1.44. The van der Waals surface area contributed by atoms with Gasteiger partial charge in [0, 0.05) is 12.8 Å². The van der Waals surface area contributed by atoms with E-state index in [0.29, 0.717) is 12.8 Å². The highest BCUT2D eigenvalue weighted by Gasteiger charge is 2.09. The molecule has 0 atom stereocenters. The van der Waals surface area contributed by atoms with Crippen molar-refractivity contribution in [3.05, 3.63) is 35.4 Å². The normalized spacial score (nSPS) is 10.4. The molecule has 0 saturated heterocycles. The fraction of sp³-hybridized carbons (Fsp3) is 0.417. The Labute approximate surface area is 93.7 Å². The minimum Gasteiger partial charge on any atom is -0.320 e. The van der Waals surface area contributed by atoms with E-state index in [1.165, 1.54) is 0 Å². The number of hydrogen-bond acceptors (Lipinski definition) is 2. The number of carbonyl (C=O) groups is 1. The van der Waals surface area contributed by atoms with Crippen LogP contribution in [0.2, 0.25) is 0 Å². The molecule has 1 rings (SSSR count). The molecular weight excluding hydrogens is 212 g/mol. The van der Waals surface area contributed by atoms with Gasteiger partial charge in [0.15, 0.2) is 0 Å². The van der Waals surface area contributed by atoms with Gasteiger partial charge in [0.25, 0.3) is 0 Å². The van der Waals surface area contributed by atoms with Crippen molar-refractivity contribution in [2.24, 2.45) is 0 Å². The van der Waals surface area contributed by atoms with Gasteiger partial charge in [0.2, 0.25) is 0 Å². The van der Waals surface area contributed by atoms with Gasteiger partial charge >= 0.3 is 0 Å². The van der Waals surface area contributed by atoms with Crippen molar-refractivity contribution < 1.29 is 13.6 Å². The summed E-state index contributed by atoms with van der Waals surface area (Å²) in [6.45, 7) is 0.747. The van der Waals surface area contributed by atoms with Gasteiger partial charge in [-0.1, -0.05) is 0 Å². The minimum absolute atomic E-state index is 0.0344. The van der Waals surface area contributed by atoms with Gasteiger partial charge in [-0.05, 0) is 43.8 Å². The van der Waals surface area contributed by atoms with Crippen molar-refractivity contribution in [3.8, 4) is 0 Å². The number of rotatable bonds is 6. The monoisotopic (exact) mass is 227 g/mol. The van der Waals surface area contributed by atoms with Crippen LogP contribution < -0.4 is 5.32 Å². The zero-order valence-electron chi connectivity index (χ0n) is 9.22. The average molecular weight is 227 g/mol. The summed E-state index contributed by atoms with van der Waals surface area (Å²) in [5.41, 5.74) is 0.134. The summed E-state index contributed by atoms with van der Waals surface area (Å²) < 4.78 is 26.0. The minimum atomic E-state index is -0.525. The number of carbonyl (C=O) groups excluding carboxylic acids is 1. The molecule has 16 heavy (non-hydrogen) atoms. The Morgan fingerprint density at radius 3 is 2.81 bits per heavy atom. The van der Waals surface area contributed by atoms with Crippen LogP contribution in [-0.2, 0) is 11.2 Å². The molecule has 0 aliphatic rings. The Kier molecular flexibility index (Phi) is 5.05. The highest BCUT2D eigenvalue weighted by molar-refractivity contribution is 5.80. The van der Waals surface area contributed by atoms with Crippen molar-refractivity contribution in [1.29, 1.82) is 0 Å². The van der Waals surface area contributed by atoms with E-state index in [9.17, 15) is 13.6 Å². The predicted molar refractivity (Wildman–Crippen MR) is 58.2 cm³/mol. The molecule has 0 radical (unpaired) electrons. The maximum absolute atomic E-state index is 13.2. The highest BCUT2D eigenvalue weighted by atomic mass is 19.1. The number of hydrogen-bond donors (Lipinski definition) is 1. The van der Waals surface area contributed by atoms with Crippen LogP contribution in [0.4, 0.5) is 8.78 Å². The van der Waals surface area contributed by atoms with Crippen LogP contribution >= 0.6 is 0 Å². The Hall–Kier alpha value is -1.29. The molecular formula is C12H15F2NO. The summed E-state index contributed by atoms with van der Waals surface area (Å²) >= 11 is 0. The van der Waals surface area contributed by atoms with Gasteiger partial charge in [-0.25, -0.2) is 8.78 Å². The SMILES string of the molecule is CNCCCC(=O)Cc1cc(F)ccc1F. The summed E-state index contributed by atoms with van der Waals surface area (Å²) in [5.74, 6) is -1.11. The maximum atomic E-state index is 13.2. The molecule has 1 N–H and O–H groups in total. The molecule has 88 valence electrons. The van der Waals surface area contributed by atoms with E-state index in [1.54, 1.807) is 7.05 Å². The first-order valence-electron chi connectivity index (χ1n) is 5.23. The lowest BCUT2D eigenvalue weighted by atomic mass is 10.1. The van der Waals surface area contributed by atoms with Gasteiger partial charge in [-0.15, -0.1) is 0 Å². The predicted octanol–water partition coefficient (Wildman–Crippen LogP) is 2.08. The zero-order chi connectivity index (χ0) is 12.0.